The molecule has 2 amide bonds. The fourth-order valence-corrected chi connectivity index (χ4v) is 2.08. The zero-order chi connectivity index (χ0) is 17.0. The number of carbonyl (C=O) groups is 2. The van der Waals surface area contributed by atoms with Gasteiger partial charge in [-0.25, -0.2) is 4.68 Å². The standard InChI is InChI=1S/C15H18N4O4/c1-2-3-10-7-11(14(16)22)19(18-10)8-17-15(23)9-4-5-12(20)13(21)6-9/h4-7,20-21H,2-3,8H2,1H3,(H2,16,22)(H,17,23). The zero-order valence-electron chi connectivity index (χ0n) is 12.6. The van der Waals surface area contributed by atoms with Crippen LogP contribution < -0.4 is 11.1 Å². The van der Waals surface area contributed by atoms with E-state index in [1.165, 1.54) is 16.8 Å². The summed E-state index contributed by atoms with van der Waals surface area (Å²) in [6.45, 7) is 1.95. The molecule has 0 aliphatic rings. The van der Waals surface area contributed by atoms with Gasteiger partial charge in [0.1, 0.15) is 12.4 Å². The first-order valence-corrected chi connectivity index (χ1v) is 7.09. The van der Waals surface area contributed by atoms with E-state index in [1.807, 2.05) is 6.92 Å². The maximum atomic E-state index is 12.0. The summed E-state index contributed by atoms with van der Waals surface area (Å²) in [5.74, 6) is -1.81. The fourth-order valence-electron chi connectivity index (χ4n) is 2.08. The first kappa shape index (κ1) is 16.3. The molecule has 1 heterocycles. The van der Waals surface area contributed by atoms with Crippen LogP contribution in [0.15, 0.2) is 24.3 Å². The SMILES string of the molecule is CCCc1cc(C(N)=O)n(CNC(=O)c2ccc(O)c(O)c2)n1. The molecule has 0 bridgehead atoms. The largest absolute Gasteiger partial charge is 0.504 e. The van der Waals surface area contributed by atoms with E-state index in [2.05, 4.69) is 10.4 Å². The number of aromatic nitrogens is 2. The molecule has 0 aliphatic carbocycles. The number of hydrogen-bond acceptors (Lipinski definition) is 5. The summed E-state index contributed by atoms with van der Waals surface area (Å²) in [5.41, 5.74) is 6.40. The molecule has 122 valence electrons. The summed E-state index contributed by atoms with van der Waals surface area (Å²) < 4.78 is 1.32. The van der Waals surface area contributed by atoms with Gasteiger partial charge >= 0.3 is 0 Å². The molecule has 1 aromatic heterocycles. The molecule has 8 nitrogen and oxygen atoms in total. The summed E-state index contributed by atoms with van der Waals surface area (Å²) >= 11 is 0. The normalized spacial score (nSPS) is 10.5. The number of rotatable bonds is 6. The Bertz CT molecular complexity index is 739. The van der Waals surface area contributed by atoms with Gasteiger partial charge in [-0.1, -0.05) is 13.3 Å². The van der Waals surface area contributed by atoms with Crippen molar-refractivity contribution in [3.8, 4) is 11.5 Å². The molecular formula is C15H18N4O4. The van der Waals surface area contributed by atoms with Crippen molar-refractivity contribution in [2.24, 2.45) is 5.73 Å². The van der Waals surface area contributed by atoms with Crippen LogP contribution in [0.1, 0.15) is 39.9 Å². The Morgan fingerprint density at radius 1 is 1.26 bits per heavy atom. The Balaban J connectivity index is 2.11. The minimum atomic E-state index is -0.628. The minimum absolute atomic E-state index is 0.0392. The lowest BCUT2D eigenvalue weighted by atomic mass is 10.2. The van der Waals surface area contributed by atoms with Gasteiger partial charge in [-0.05, 0) is 30.7 Å². The van der Waals surface area contributed by atoms with Crippen LogP contribution in [-0.2, 0) is 13.1 Å². The molecule has 0 saturated carbocycles. The molecule has 0 radical (unpaired) electrons. The second-order valence-corrected chi connectivity index (χ2v) is 5.00. The average molecular weight is 318 g/mol. The number of nitrogens with zero attached hydrogens (tertiary/aromatic N) is 2. The van der Waals surface area contributed by atoms with Crippen molar-refractivity contribution < 1.29 is 19.8 Å². The van der Waals surface area contributed by atoms with Crippen molar-refractivity contribution in [1.29, 1.82) is 0 Å². The Morgan fingerprint density at radius 2 is 2.00 bits per heavy atom. The smallest absolute Gasteiger partial charge is 0.267 e. The van der Waals surface area contributed by atoms with Crippen molar-refractivity contribution in [2.75, 3.05) is 0 Å². The fraction of sp³-hybridized carbons (Fsp3) is 0.267. The predicted molar refractivity (Wildman–Crippen MR) is 82.0 cm³/mol. The van der Waals surface area contributed by atoms with Gasteiger partial charge in [-0.15, -0.1) is 0 Å². The molecule has 2 rings (SSSR count). The highest BCUT2D eigenvalue weighted by Gasteiger charge is 2.14. The van der Waals surface area contributed by atoms with Gasteiger partial charge in [0.15, 0.2) is 11.5 Å². The van der Waals surface area contributed by atoms with E-state index in [-0.39, 0.29) is 29.4 Å². The second-order valence-electron chi connectivity index (χ2n) is 5.00. The Hall–Kier alpha value is -3.03. The van der Waals surface area contributed by atoms with Crippen LogP contribution in [0.5, 0.6) is 11.5 Å². The lowest BCUT2D eigenvalue weighted by Crippen LogP contribution is -2.29. The molecule has 0 fully saturated rings. The molecule has 1 aromatic carbocycles. The molecule has 8 heteroatoms. The molecular weight excluding hydrogens is 300 g/mol. The molecule has 0 unspecified atom stereocenters. The lowest BCUT2D eigenvalue weighted by Gasteiger charge is -2.08. The van der Waals surface area contributed by atoms with Gasteiger partial charge in [-0.2, -0.15) is 5.10 Å². The van der Waals surface area contributed by atoms with Crippen LogP contribution in [0.25, 0.3) is 0 Å². The number of nitrogens with one attached hydrogen (secondary N) is 1. The number of benzene rings is 1. The molecule has 0 atom stereocenters. The first-order valence-electron chi connectivity index (χ1n) is 7.09. The van der Waals surface area contributed by atoms with Crippen LogP contribution in [0.3, 0.4) is 0 Å². The van der Waals surface area contributed by atoms with E-state index >= 15 is 0 Å². The van der Waals surface area contributed by atoms with Crippen molar-refractivity contribution in [3.05, 3.63) is 41.2 Å². The Labute approximate surface area is 132 Å². The third-order valence-corrected chi connectivity index (χ3v) is 3.22. The summed E-state index contributed by atoms with van der Waals surface area (Å²) in [6, 6.07) is 5.33. The Kier molecular flexibility index (Phi) is 4.85. The predicted octanol–water partition coefficient (Wildman–Crippen LogP) is 0.733. The number of hydrogen-bond donors (Lipinski definition) is 4. The van der Waals surface area contributed by atoms with Crippen LogP contribution >= 0.6 is 0 Å². The van der Waals surface area contributed by atoms with Gasteiger partial charge in [0.05, 0.1) is 5.69 Å². The van der Waals surface area contributed by atoms with E-state index in [9.17, 15) is 19.8 Å². The van der Waals surface area contributed by atoms with Gasteiger partial charge in [0, 0.05) is 5.56 Å². The highest BCUT2D eigenvalue weighted by Crippen LogP contribution is 2.24. The molecule has 2 aromatic rings. The number of phenols is 2. The van der Waals surface area contributed by atoms with Gasteiger partial charge < -0.3 is 21.3 Å². The van der Waals surface area contributed by atoms with E-state index in [0.717, 1.165) is 18.2 Å². The van der Waals surface area contributed by atoms with Gasteiger partial charge in [0.25, 0.3) is 11.8 Å². The number of primary amides is 1. The van der Waals surface area contributed by atoms with Gasteiger partial charge in [-0.3, -0.25) is 9.59 Å². The van der Waals surface area contributed by atoms with Crippen LogP contribution in [0.4, 0.5) is 0 Å². The number of carbonyl (C=O) groups excluding carboxylic acids is 2. The van der Waals surface area contributed by atoms with Gasteiger partial charge in [0.2, 0.25) is 0 Å². The average Bonchev–Trinajstić information content (AvgIpc) is 2.91. The Morgan fingerprint density at radius 3 is 2.61 bits per heavy atom. The second kappa shape index (κ2) is 6.82. The van der Waals surface area contributed by atoms with Crippen molar-refractivity contribution in [3.63, 3.8) is 0 Å². The van der Waals surface area contributed by atoms with Crippen LogP contribution in [0.2, 0.25) is 0 Å². The van der Waals surface area contributed by atoms with E-state index in [0.29, 0.717) is 6.42 Å². The summed E-state index contributed by atoms with van der Waals surface area (Å²) in [4.78, 5) is 23.5. The number of aromatic hydroxyl groups is 2. The third kappa shape index (κ3) is 3.79. The molecule has 0 saturated heterocycles. The molecule has 5 N–H and O–H groups in total. The van der Waals surface area contributed by atoms with Crippen LogP contribution in [-0.4, -0.2) is 31.8 Å². The maximum absolute atomic E-state index is 12.0. The van der Waals surface area contributed by atoms with Crippen LogP contribution in [0, 0.1) is 0 Å². The quantitative estimate of drug-likeness (QED) is 0.583. The van der Waals surface area contributed by atoms with Crippen molar-refractivity contribution in [2.45, 2.75) is 26.4 Å². The zero-order valence-corrected chi connectivity index (χ0v) is 12.6. The lowest BCUT2D eigenvalue weighted by molar-refractivity contribution is 0.0928. The number of amides is 2. The van der Waals surface area contributed by atoms with Crippen molar-refractivity contribution in [1.82, 2.24) is 15.1 Å². The van der Waals surface area contributed by atoms with E-state index < -0.39 is 11.8 Å². The molecule has 0 spiro atoms. The highest BCUT2D eigenvalue weighted by atomic mass is 16.3. The van der Waals surface area contributed by atoms with E-state index in [4.69, 9.17) is 5.73 Å². The number of aryl methyl sites for hydroxylation is 1. The summed E-state index contributed by atoms with van der Waals surface area (Å²) in [7, 11) is 0. The third-order valence-electron chi connectivity index (χ3n) is 3.22. The van der Waals surface area contributed by atoms with E-state index in [1.54, 1.807) is 6.07 Å². The topological polar surface area (TPSA) is 130 Å². The summed E-state index contributed by atoms with van der Waals surface area (Å²) in [5, 5.41) is 25.4. The number of phenolic OH excluding ortho intramolecular Hbond substituents is 2. The molecule has 23 heavy (non-hydrogen) atoms. The minimum Gasteiger partial charge on any atom is -0.504 e. The highest BCUT2D eigenvalue weighted by molar-refractivity contribution is 5.95. The monoisotopic (exact) mass is 318 g/mol. The van der Waals surface area contributed by atoms with Crippen molar-refractivity contribution >= 4 is 11.8 Å². The number of nitrogens with two attached hydrogens (primary N) is 1. The summed E-state index contributed by atoms with van der Waals surface area (Å²) in [6.07, 6.45) is 1.57. The molecule has 0 aliphatic heterocycles. The maximum Gasteiger partial charge on any atom is 0.267 e. The first-order chi connectivity index (χ1) is 10.9.